The predicted molar refractivity (Wildman–Crippen MR) is 78.4 cm³/mol. The lowest BCUT2D eigenvalue weighted by molar-refractivity contribution is 0.0269. The molecule has 1 atom stereocenters. The molecule has 21 heavy (non-hydrogen) atoms. The number of ether oxygens (including phenoxy) is 1. The van der Waals surface area contributed by atoms with Crippen LogP contribution in [0, 0.1) is 0 Å². The Balaban J connectivity index is 2.20. The Bertz CT molecular complexity index is 537. The molecular formula is C12H15BN3O4S. The third-order valence-electron chi connectivity index (χ3n) is 2.87. The summed E-state index contributed by atoms with van der Waals surface area (Å²) in [4.78, 5) is 34.5. The molecule has 0 saturated heterocycles. The monoisotopic (exact) mass is 308 g/mol. The quantitative estimate of drug-likeness (QED) is 0.194. The molecule has 0 spiro atoms. The highest BCUT2D eigenvalue weighted by atomic mass is 32.1. The van der Waals surface area contributed by atoms with Gasteiger partial charge in [-0.25, -0.2) is 9.78 Å². The van der Waals surface area contributed by atoms with Crippen LogP contribution in [0.25, 0.3) is 0 Å². The van der Waals surface area contributed by atoms with E-state index in [0.717, 1.165) is 16.8 Å². The molecule has 1 N–H and O–H groups in total. The van der Waals surface area contributed by atoms with Crippen LogP contribution >= 0.6 is 11.3 Å². The number of fused-ring (bicyclic) bond motifs is 1. The second kappa shape index (κ2) is 7.46. The summed E-state index contributed by atoms with van der Waals surface area (Å²) >= 11 is 1.27. The normalized spacial score (nSPS) is 17.9. The molecule has 1 aliphatic heterocycles. The smallest absolute Gasteiger partial charge is 0.367 e. The Labute approximate surface area is 127 Å². The molecule has 1 aromatic heterocycles. The van der Waals surface area contributed by atoms with Crippen LogP contribution in [0.1, 0.15) is 26.4 Å². The van der Waals surface area contributed by atoms with E-state index in [9.17, 15) is 9.59 Å². The van der Waals surface area contributed by atoms with Crippen LogP contribution in [0.2, 0.25) is 0 Å². The lowest BCUT2D eigenvalue weighted by Crippen LogP contribution is -2.41. The molecule has 9 heteroatoms. The van der Waals surface area contributed by atoms with Gasteiger partial charge in [-0.1, -0.05) is 6.08 Å². The third kappa shape index (κ3) is 3.76. The summed E-state index contributed by atoms with van der Waals surface area (Å²) in [6.07, 6.45) is 2.35. The van der Waals surface area contributed by atoms with Crippen molar-refractivity contribution in [3.63, 3.8) is 0 Å². The van der Waals surface area contributed by atoms with E-state index in [1.807, 2.05) is 4.81 Å². The standard InChI is InChI=1S/C12H15BN3O4S/c1-3-4-20-15-9-6-16(13-7-17)5-8-10(9)21-11(14-8)12(18)19-2/h3,7,9,15H,1,4-6H2,2H3. The van der Waals surface area contributed by atoms with Crippen molar-refractivity contribution in [1.82, 2.24) is 15.3 Å². The van der Waals surface area contributed by atoms with E-state index in [0.29, 0.717) is 24.7 Å². The van der Waals surface area contributed by atoms with E-state index in [1.165, 1.54) is 25.9 Å². The molecule has 1 aliphatic rings. The molecule has 2 heterocycles. The highest BCUT2D eigenvalue weighted by Gasteiger charge is 2.30. The summed E-state index contributed by atoms with van der Waals surface area (Å²) in [5.41, 5.74) is 3.65. The number of methoxy groups -OCH3 is 1. The van der Waals surface area contributed by atoms with E-state index in [4.69, 9.17) is 4.84 Å². The summed E-state index contributed by atoms with van der Waals surface area (Å²) < 4.78 is 4.69. The summed E-state index contributed by atoms with van der Waals surface area (Å²) in [7, 11) is 2.76. The maximum absolute atomic E-state index is 11.6. The van der Waals surface area contributed by atoms with Crippen molar-refractivity contribution in [2.45, 2.75) is 12.6 Å². The van der Waals surface area contributed by atoms with Gasteiger partial charge in [-0.05, 0) is 0 Å². The van der Waals surface area contributed by atoms with Crippen LogP contribution < -0.4 is 5.48 Å². The molecule has 1 unspecified atom stereocenters. The van der Waals surface area contributed by atoms with Gasteiger partial charge in [-0.15, -0.1) is 17.9 Å². The number of carbonyl (C=O) groups is 2. The number of rotatable bonds is 7. The van der Waals surface area contributed by atoms with Gasteiger partial charge in [0.1, 0.15) is 0 Å². The van der Waals surface area contributed by atoms with Crippen LogP contribution in [0.15, 0.2) is 12.7 Å². The fraction of sp³-hybridized carbons (Fsp3) is 0.417. The first-order chi connectivity index (χ1) is 10.2. The van der Waals surface area contributed by atoms with Gasteiger partial charge in [0.25, 0.3) is 7.41 Å². The minimum Gasteiger partial charge on any atom is -0.464 e. The highest BCUT2D eigenvalue weighted by Crippen LogP contribution is 2.31. The minimum absolute atomic E-state index is 0.180. The maximum Gasteiger partial charge on any atom is 0.367 e. The van der Waals surface area contributed by atoms with Gasteiger partial charge in [0.2, 0.25) is 5.01 Å². The lowest BCUT2D eigenvalue weighted by atomic mass is 9.91. The largest absolute Gasteiger partial charge is 0.464 e. The third-order valence-corrected chi connectivity index (χ3v) is 4.06. The molecule has 1 aromatic rings. The van der Waals surface area contributed by atoms with E-state index in [1.54, 1.807) is 6.08 Å². The first kappa shape index (κ1) is 15.8. The van der Waals surface area contributed by atoms with Gasteiger partial charge >= 0.3 is 5.97 Å². The van der Waals surface area contributed by atoms with E-state index >= 15 is 0 Å². The van der Waals surface area contributed by atoms with Gasteiger partial charge < -0.3 is 14.3 Å². The van der Waals surface area contributed by atoms with E-state index in [-0.39, 0.29) is 6.04 Å². The lowest BCUT2D eigenvalue weighted by Gasteiger charge is -2.30. The van der Waals surface area contributed by atoms with Crippen molar-refractivity contribution in [2.75, 3.05) is 20.3 Å². The van der Waals surface area contributed by atoms with Crippen molar-refractivity contribution < 1.29 is 19.2 Å². The Kier molecular flexibility index (Phi) is 5.63. The van der Waals surface area contributed by atoms with Crippen molar-refractivity contribution in [1.29, 1.82) is 0 Å². The number of esters is 1. The number of aromatic nitrogens is 1. The Morgan fingerprint density at radius 3 is 3.19 bits per heavy atom. The highest BCUT2D eigenvalue weighted by molar-refractivity contribution is 7.13. The number of thiazole rings is 1. The SMILES string of the molecule is C=CCONC1CN([B]C=O)Cc2nc(C(=O)OC)sc21. The average molecular weight is 308 g/mol. The molecule has 1 radical (unpaired) electrons. The van der Waals surface area contributed by atoms with Crippen LogP contribution in [0.4, 0.5) is 0 Å². The summed E-state index contributed by atoms with van der Waals surface area (Å²) in [6, 6.07) is -0.180. The number of hydrogen-bond donors (Lipinski definition) is 1. The molecule has 111 valence electrons. The molecule has 0 saturated carbocycles. The van der Waals surface area contributed by atoms with Gasteiger partial charge in [0.05, 0.1) is 36.5 Å². The Hall–Kier alpha value is -1.55. The van der Waals surface area contributed by atoms with Crippen LogP contribution in [-0.2, 0) is 20.9 Å². The number of hydroxylamine groups is 1. The number of nitrogens with one attached hydrogen (secondary N) is 1. The Morgan fingerprint density at radius 2 is 2.52 bits per heavy atom. The molecular weight excluding hydrogens is 293 g/mol. The number of nitrogens with zero attached hydrogens (tertiary/aromatic N) is 2. The first-order valence-electron chi connectivity index (χ1n) is 6.28. The zero-order valence-corrected chi connectivity index (χ0v) is 12.4. The number of hydrogen-bond acceptors (Lipinski definition) is 8. The second-order valence-corrected chi connectivity index (χ2v) is 5.34. The first-order valence-corrected chi connectivity index (χ1v) is 7.10. The Morgan fingerprint density at radius 1 is 1.71 bits per heavy atom. The van der Waals surface area contributed by atoms with Crippen LogP contribution in [-0.4, -0.2) is 49.6 Å². The minimum atomic E-state index is -0.467. The average Bonchev–Trinajstić information content (AvgIpc) is 2.91. The summed E-state index contributed by atoms with van der Waals surface area (Å²) in [5, 5.41) is 0.297. The zero-order chi connectivity index (χ0) is 15.2. The molecule has 0 bridgehead atoms. The molecule has 0 aromatic carbocycles. The van der Waals surface area contributed by atoms with Crippen LogP contribution in [0.5, 0.6) is 0 Å². The summed E-state index contributed by atoms with van der Waals surface area (Å²) in [5.74, 6) is -0.467. The molecule has 0 fully saturated rings. The van der Waals surface area contributed by atoms with Crippen LogP contribution in [0.3, 0.4) is 0 Å². The van der Waals surface area contributed by atoms with E-state index < -0.39 is 5.97 Å². The maximum atomic E-state index is 11.6. The molecule has 0 aliphatic carbocycles. The zero-order valence-electron chi connectivity index (χ0n) is 11.6. The molecule has 2 rings (SSSR count). The molecule has 7 nitrogen and oxygen atoms in total. The van der Waals surface area contributed by atoms with Crippen molar-refractivity contribution in [3.05, 3.63) is 28.2 Å². The van der Waals surface area contributed by atoms with E-state index in [2.05, 4.69) is 21.8 Å². The van der Waals surface area contributed by atoms with Crippen molar-refractivity contribution in [3.8, 4) is 0 Å². The number of carbonyl (C=O) groups excluding carboxylic acids is 2. The second-order valence-electron chi connectivity index (χ2n) is 4.31. The van der Waals surface area contributed by atoms with Gasteiger partial charge in [0.15, 0.2) is 0 Å². The van der Waals surface area contributed by atoms with Gasteiger partial charge in [-0.3, -0.25) is 4.84 Å². The fourth-order valence-corrected chi connectivity index (χ4v) is 3.02. The van der Waals surface area contributed by atoms with Gasteiger partial charge in [-0.2, -0.15) is 5.48 Å². The van der Waals surface area contributed by atoms with Crippen molar-refractivity contribution >= 4 is 30.9 Å². The predicted octanol–water partition coefficient (Wildman–Crippen LogP) is 0.303. The molecule has 0 amide bonds. The summed E-state index contributed by atoms with van der Waals surface area (Å²) in [6.45, 7) is 4.95. The van der Waals surface area contributed by atoms with Crippen molar-refractivity contribution in [2.24, 2.45) is 0 Å². The fourth-order valence-electron chi connectivity index (χ4n) is 2.00. The topological polar surface area (TPSA) is 80.8 Å². The van der Waals surface area contributed by atoms with Gasteiger partial charge in [0, 0.05) is 13.1 Å².